The molecular weight excluding hydrogens is 581 g/mol. The van der Waals surface area contributed by atoms with Crippen LogP contribution in [0.4, 0.5) is 10.7 Å². The van der Waals surface area contributed by atoms with Crippen LogP contribution in [0, 0.1) is 13.8 Å². The fourth-order valence-electron chi connectivity index (χ4n) is 5.77. The molecule has 1 aliphatic rings. The molecular formula is C35H33Cl2N3OS. The number of rotatable bonds is 6. The number of carbonyl (C=O) groups is 1. The van der Waals surface area contributed by atoms with Gasteiger partial charge in [0.15, 0.2) is 0 Å². The summed E-state index contributed by atoms with van der Waals surface area (Å²) >= 11 is 14.1. The Morgan fingerprint density at radius 3 is 2.62 bits per heavy atom. The summed E-state index contributed by atoms with van der Waals surface area (Å²) in [5.74, 6) is -0.0732. The van der Waals surface area contributed by atoms with Crippen molar-refractivity contribution in [3.8, 4) is 0 Å². The lowest BCUT2D eigenvalue weighted by Crippen LogP contribution is -2.15. The zero-order valence-electron chi connectivity index (χ0n) is 23.8. The van der Waals surface area contributed by atoms with E-state index in [0.29, 0.717) is 16.6 Å². The van der Waals surface area contributed by atoms with Crippen molar-refractivity contribution in [2.45, 2.75) is 58.9 Å². The molecule has 0 atom stereocenters. The Labute approximate surface area is 261 Å². The van der Waals surface area contributed by atoms with Gasteiger partial charge in [-0.15, -0.1) is 11.3 Å². The van der Waals surface area contributed by atoms with Crippen molar-refractivity contribution in [3.63, 3.8) is 0 Å². The lowest BCUT2D eigenvalue weighted by Gasteiger charge is -2.13. The standard InChI is InChI=1S/C35H33Cl2N3OS/c1-22-10-9-13-30(23(22)2)39-34(41)33-27-12-5-3-4-6-15-32(27)42-35(33)38-19-25-21-40(31-14-8-7-11-26(25)31)20-24-16-17-28(36)29(37)18-24/h7-11,13-14,16-19,21H,3-6,12,15,20H2,1-2H3,(H,39,41). The highest BCUT2D eigenvalue weighted by Crippen LogP contribution is 2.40. The molecule has 1 aliphatic carbocycles. The van der Waals surface area contributed by atoms with Gasteiger partial charge in [-0.1, -0.05) is 72.4 Å². The third-order valence-electron chi connectivity index (χ3n) is 8.21. The number of benzene rings is 3. The topological polar surface area (TPSA) is 46.4 Å². The number of fused-ring (bicyclic) bond motifs is 2. The minimum absolute atomic E-state index is 0.0732. The summed E-state index contributed by atoms with van der Waals surface area (Å²) in [5.41, 5.74) is 8.19. The van der Waals surface area contributed by atoms with Crippen LogP contribution in [0.2, 0.25) is 10.0 Å². The highest BCUT2D eigenvalue weighted by molar-refractivity contribution is 7.16. The average molecular weight is 615 g/mol. The van der Waals surface area contributed by atoms with E-state index in [0.717, 1.165) is 75.1 Å². The first-order valence-corrected chi connectivity index (χ1v) is 16.0. The molecule has 0 radical (unpaired) electrons. The van der Waals surface area contributed by atoms with E-state index < -0.39 is 0 Å². The predicted molar refractivity (Wildman–Crippen MR) is 179 cm³/mol. The number of aliphatic imine (C=N–C) groups is 1. The molecule has 5 aromatic rings. The zero-order chi connectivity index (χ0) is 29.2. The van der Waals surface area contributed by atoms with Gasteiger partial charge in [0.25, 0.3) is 5.91 Å². The number of hydrogen-bond donors (Lipinski definition) is 1. The van der Waals surface area contributed by atoms with E-state index in [1.54, 1.807) is 11.3 Å². The van der Waals surface area contributed by atoms with Crippen LogP contribution in [0.25, 0.3) is 10.9 Å². The van der Waals surface area contributed by atoms with Crippen molar-refractivity contribution in [3.05, 3.63) is 115 Å². The molecule has 0 bridgehead atoms. The smallest absolute Gasteiger partial charge is 0.259 e. The Balaban J connectivity index is 1.38. The lowest BCUT2D eigenvalue weighted by atomic mass is 9.96. The molecule has 0 unspecified atom stereocenters. The van der Waals surface area contributed by atoms with Crippen molar-refractivity contribution in [1.29, 1.82) is 0 Å². The van der Waals surface area contributed by atoms with E-state index in [1.807, 2.05) is 48.7 Å². The third-order valence-corrected chi connectivity index (χ3v) is 10.1. The molecule has 7 heteroatoms. The summed E-state index contributed by atoms with van der Waals surface area (Å²) in [5, 5.41) is 6.21. The molecule has 1 N–H and O–H groups in total. The molecule has 3 aromatic carbocycles. The molecule has 1 amide bonds. The van der Waals surface area contributed by atoms with Gasteiger partial charge in [0.1, 0.15) is 5.00 Å². The van der Waals surface area contributed by atoms with Gasteiger partial charge >= 0.3 is 0 Å². The predicted octanol–water partition coefficient (Wildman–Crippen LogP) is 10.3. The van der Waals surface area contributed by atoms with Gasteiger partial charge in [-0.3, -0.25) is 4.79 Å². The largest absolute Gasteiger partial charge is 0.342 e. The molecule has 42 heavy (non-hydrogen) atoms. The number of carbonyl (C=O) groups excluding carboxylic acids is 1. The van der Waals surface area contributed by atoms with Crippen molar-refractivity contribution in [2.24, 2.45) is 4.99 Å². The number of nitrogens with zero attached hydrogens (tertiary/aromatic N) is 2. The molecule has 4 nitrogen and oxygen atoms in total. The highest BCUT2D eigenvalue weighted by atomic mass is 35.5. The van der Waals surface area contributed by atoms with Crippen LogP contribution >= 0.6 is 34.5 Å². The summed E-state index contributed by atoms with van der Waals surface area (Å²) < 4.78 is 2.21. The number of halogens is 2. The van der Waals surface area contributed by atoms with Gasteiger partial charge in [0.05, 0.1) is 15.6 Å². The first-order valence-electron chi connectivity index (χ1n) is 14.5. The average Bonchev–Trinajstić information content (AvgIpc) is 3.49. The Morgan fingerprint density at radius 1 is 0.976 bits per heavy atom. The molecule has 0 saturated heterocycles. The number of nitrogens with one attached hydrogen (secondary N) is 1. The molecule has 6 rings (SSSR count). The van der Waals surface area contributed by atoms with Crippen molar-refractivity contribution in [1.82, 2.24) is 4.57 Å². The van der Waals surface area contributed by atoms with Crippen LogP contribution in [0.5, 0.6) is 0 Å². The first kappa shape index (κ1) is 28.7. The molecule has 0 spiro atoms. The van der Waals surface area contributed by atoms with Crippen LogP contribution in [0.15, 0.2) is 71.9 Å². The van der Waals surface area contributed by atoms with Gasteiger partial charge in [-0.05, 0) is 86.1 Å². The van der Waals surface area contributed by atoms with Crippen LogP contribution in [-0.2, 0) is 19.4 Å². The van der Waals surface area contributed by atoms with E-state index in [1.165, 1.54) is 23.3 Å². The number of amides is 1. The fourth-order valence-corrected chi connectivity index (χ4v) is 7.32. The Morgan fingerprint density at radius 2 is 1.79 bits per heavy atom. The second-order valence-electron chi connectivity index (χ2n) is 11.0. The quantitative estimate of drug-likeness (QED) is 0.190. The molecule has 0 aliphatic heterocycles. The van der Waals surface area contributed by atoms with E-state index in [-0.39, 0.29) is 5.91 Å². The number of anilines is 1. The minimum atomic E-state index is -0.0732. The molecule has 214 valence electrons. The zero-order valence-corrected chi connectivity index (χ0v) is 26.2. The second-order valence-corrected chi connectivity index (χ2v) is 12.9. The summed E-state index contributed by atoms with van der Waals surface area (Å²) in [6, 6.07) is 20.1. The van der Waals surface area contributed by atoms with Gasteiger partial charge in [0.2, 0.25) is 0 Å². The van der Waals surface area contributed by atoms with Crippen molar-refractivity contribution >= 4 is 68.3 Å². The first-order chi connectivity index (χ1) is 20.4. The maximum absolute atomic E-state index is 13.9. The summed E-state index contributed by atoms with van der Waals surface area (Å²) in [6.45, 7) is 4.77. The van der Waals surface area contributed by atoms with E-state index in [9.17, 15) is 4.79 Å². The molecule has 2 aromatic heterocycles. The number of aromatic nitrogens is 1. The fraction of sp³-hybridized carbons (Fsp3) is 0.257. The Kier molecular flexibility index (Phi) is 8.53. The van der Waals surface area contributed by atoms with E-state index in [4.69, 9.17) is 28.2 Å². The SMILES string of the molecule is Cc1cccc(NC(=O)c2c(N=Cc3cn(Cc4ccc(Cl)c(Cl)c4)c4ccccc34)sc3c2CCCCCC3)c1C. The summed E-state index contributed by atoms with van der Waals surface area (Å²) in [4.78, 5) is 20.2. The van der Waals surface area contributed by atoms with Crippen LogP contribution < -0.4 is 5.32 Å². The van der Waals surface area contributed by atoms with Crippen LogP contribution in [0.1, 0.15) is 68.7 Å². The number of thiophene rings is 1. The Bertz CT molecular complexity index is 1820. The maximum Gasteiger partial charge on any atom is 0.259 e. The lowest BCUT2D eigenvalue weighted by molar-refractivity contribution is 0.102. The van der Waals surface area contributed by atoms with Crippen LogP contribution in [0.3, 0.4) is 0 Å². The normalized spacial score (nSPS) is 13.7. The number of aryl methyl sites for hydroxylation is 2. The maximum atomic E-state index is 13.9. The number of para-hydroxylation sites is 1. The number of hydrogen-bond acceptors (Lipinski definition) is 3. The molecule has 0 fully saturated rings. The highest BCUT2D eigenvalue weighted by Gasteiger charge is 2.25. The van der Waals surface area contributed by atoms with Gasteiger partial charge in [-0.25, -0.2) is 4.99 Å². The summed E-state index contributed by atoms with van der Waals surface area (Å²) in [6.07, 6.45) is 10.6. The minimum Gasteiger partial charge on any atom is -0.342 e. The van der Waals surface area contributed by atoms with Crippen molar-refractivity contribution < 1.29 is 4.79 Å². The van der Waals surface area contributed by atoms with Crippen molar-refractivity contribution in [2.75, 3.05) is 5.32 Å². The van der Waals surface area contributed by atoms with Crippen LogP contribution in [-0.4, -0.2) is 16.7 Å². The third kappa shape index (κ3) is 5.92. The van der Waals surface area contributed by atoms with Gasteiger partial charge in [-0.2, -0.15) is 0 Å². The monoisotopic (exact) mass is 613 g/mol. The summed E-state index contributed by atoms with van der Waals surface area (Å²) in [7, 11) is 0. The second kappa shape index (κ2) is 12.5. The Hall–Kier alpha value is -3.38. The van der Waals surface area contributed by atoms with E-state index in [2.05, 4.69) is 48.1 Å². The van der Waals surface area contributed by atoms with E-state index >= 15 is 0 Å². The molecule has 0 saturated carbocycles. The van der Waals surface area contributed by atoms with Gasteiger partial charge in [0, 0.05) is 46.0 Å². The molecule has 2 heterocycles. The van der Waals surface area contributed by atoms with Gasteiger partial charge < -0.3 is 9.88 Å².